The third kappa shape index (κ3) is 1.04. The van der Waals surface area contributed by atoms with Crippen molar-refractivity contribution in [1.29, 1.82) is 0 Å². The molecule has 3 heteroatoms. The molecule has 3 nitrogen and oxygen atoms in total. The second-order valence-corrected chi connectivity index (χ2v) is 2.31. The molecule has 1 aromatic rings. The molecular formula is C6H10N2O. The SMILES string of the molecule is CC(C)c1nocc1N. The molecule has 0 atom stereocenters. The van der Waals surface area contributed by atoms with Crippen LogP contribution in [0.1, 0.15) is 25.5 Å². The molecule has 0 amide bonds. The first-order valence-corrected chi connectivity index (χ1v) is 2.91. The van der Waals surface area contributed by atoms with Crippen LogP contribution in [0, 0.1) is 0 Å². The van der Waals surface area contributed by atoms with Crippen LogP contribution in [0.3, 0.4) is 0 Å². The van der Waals surface area contributed by atoms with Crippen molar-refractivity contribution in [2.45, 2.75) is 19.8 Å². The molecule has 0 aliphatic heterocycles. The zero-order valence-electron chi connectivity index (χ0n) is 5.59. The predicted octanol–water partition coefficient (Wildman–Crippen LogP) is 1.38. The number of hydrogen-bond donors (Lipinski definition) is 1. The van der Waals surface area contributed by atoms with E-state index >= 15 is 0 Å². The Morgan fingerprint density at radius 3 is 2.56 bits per heavy atom. The summed E-state index contributed by atoms with van der Waals surface area (Å²) in [5, 5.41) is 3.72. The minimum atomic E-state index is 0.351. The number of anilines is 1. The van der Waals surface area contributed by atoms with Gasteiger partial charge in [0.25, 0.3) is 0 Å². The summed E-state index contributed by atoms with van der Waals surface area (Å²) in [4.78, 5) is 0. The van der Waals surface area contributed by atoms with E-state index in [9.17, 15) is 0 Å². The van der Waals surface area contributed by atoms with Crippen LogP contribution >= 0.6 is 0 Å². The lowest BCUT2D eigenvalue weighted by Crippen LogP contribution is -1.92. The minimum absolute atomic E-state index is 0.351. The molecule has 0 fully saturated rings. The Morgan fingerprint density at radius 2 is 2.33 bits per heavy atom. The van der Waals surface area contributed by atoms with E-state index in [0.717, 1.165) is 5.69 Å². The van der Waals surface area contributed by atoms with Crippen LogP contribution in [0.5, 0.6) is 0 Å². The molecule has 9 heavy (non-hydrogen) atoms. The van der Waals surface area contributed by atoms with Gasteiger partial charge in [-0.15, -0.1) is 0 Å². The highest BCUT2D eigenvalue weighted by Gasteiger charge is 2.06. The summed E-state index contributed by atoms with van der Waals surface area (Å²) in [6.45, 7) is 4.04. The van der Waals surface area contributed by atoms with Gasteiger partial charge in [-0.05, 0) is 0 Å². The molecule has 0 unspecified atom stereocenters. The monoisotopic (exact) mass is 126 g/mol. The van der Waals surface area contributed by atoms with Gasteiger partial charge in [0, 0.05) is 5.92 Å². The summed E-state index contributed by atoms with van der Waals surface area (Å²) in [5.74, 6) is 0.351. The van der Waals surface area contributed by atoms with Gasteiger partial charge in [-0.3, -0.25) is 0 Å². The lowest BCUT2D eigenvalue weighted by atomic mass is 10.1. The molecule has 0 aliphatic rings. The van der Waals surface area contributed by atoms with Crippen molar-refractivity contribution in [3.63, 3.8) is 0 Å². The van der Waals surface area contributed by atoms with Crippen LogP contribution in [-0.4, -0.2) is 5.16 Å². The van der Waals surface area contributed by atoms with Crippen molar-refractivity contribution in [1.82, 2.24) is 5.16 Å². The molecule has 1 heterocycles. The van der Waals surface area contributed by atoms with Crippen molar-refractivity contribution in [2.24, 2.45) is 0 Å². The van der Waals surface area contributed by atoms with Crippen molar-refractivity contribution < 1.29 is 4.52 Å². The molecule has 0 aliphatic carbocycles. The van der Waals surface area contributed by atoms with Crippen LogP contribution in [0.15, 0.2) is 10.8 Å². The van der Waals surface area contributed by atoms with Crippen LogP contribution < -0.4 is 5.73 Å². The molecule has 2 N–H and O–H groups in total. The number of nitrogen functional groups attached to an aromatic ring is 1. The van der Waals surface area contributed by atoms with Crippen LogP contribution in [0.25, 0.3) is 0 Å². The number of nitrogens with two attached hydrogens (primary N) is 1. The molecule has 0 bridgehead atoms. The van der Waals surface area contributed by atoms with E-state index in [2.05, 4.69) is 9.68 Å². The second-order valence-electron chi connectivity index (χ2n) is 2.31. The Morgan fingerprint density at radius 1 is 1.67 bits per heavy atom. The first-order chi connectivity index (χ1) is 4.22. The van der Waals surface area contributed by atoms with E-state index in [0.29, 0.717) is 11.6 Å². The van der Waals surface area contributed by atoms with E-state index in [1.165, 1.54) is 6.26 Å². The molecule has 1 aromatic heterocycles. The van der Waals surface area contributed by atoms with Gasteiger partial charge in [0.1, 0.15) is 12.0 Å². The fourth-order valence-corrected chi connectivity index (χ4v) is 0.692. The Bertz CT molecular complexity index is 193. The van der Waals surface area contributed by atoms with Crippen LogP contribution in [0.4, 0.5) is 5.69 Å². The predicted molar refractivity (Wildman–Crippen MR) is 35.0 cm³/mol. The largest absolute Gasteiger partial charge is 0.395 e. The van der Waals surface area contributed by atoms with E-state index in [4.69, 9.17) is 5.73 Å². The average molecular weight is 126 g/mol. The van der Waals surface area contributed by atoms with Crippen molar-refractivity contribution in [2.75, 3.05) is 5.73 Å². The zero-order chi connectivity index (χ0) is 6.85. The highest BCUT2D eigenvalue weighted by molar-refractivity contribution is 5.40. The highest BCUT2D eigenvalue weighted by Crippen LogP contribution is 2.18. The quantitative estimate of drug-likeness (QED) is 0.618. The first kappa shape index (κ1) is 6.13. The van der Waals surface area contributed by atoms with E-state index < -0.39 is 0 Å². The number of nitrogens with zero attached hydrogens (tertiary/aromatic N) is 1. The van der Waals surface area contributed by atoms with E-state index in [1.807, 2.05) is 13.8 Å². The summed E-state index contributed by atoms with van der Waals surface area (Å²) in [5.41, 5.74) is 6.97. The average Bonchev–Trinajstić information content (AvgIpc) is 2.13. The second kappa shape index (κ2) is 2.09. The highest BCUT2D eigenvalue weighted by atomic mass is 16.5. The zero-order valence-corrected chi connectivity index (χ0v) is 5.59. The Kier molecular flexibility index (Phi) is 1.42. The van der Waals surface area contributed by atoms with E-state index in [1.54, 1.807) is 0 Å². The molecule has 0 spiro atoms. The van der Waals surface area contributed by atoms with Crippen LogP contribution in [-0.2, 0) is 0 Å². The topological polar surface area (TPSA) is 52.0 Å². The third-order valence-electron chi connectivity index (χ3n) is 1.17. The normalized spacial score (nSPS) is 10.6. The van der Waals surface area contributed by atoms with Crippen LogP contribution in [0.2, 0.25) is 0 Å². The summed E-state index contributed by atoms with van der Waals surface area (Å²) in [6, 6.07) is 0. The summed E-state index contributed by atoms with van der Waals surface area (Å²) < 4.78 is 4.63. The molecule has 1 rings (SSSR count). The van der Waals surface area contributed by atoms with Gasteiger partial charge < -0.3 is 10.3 Å². The first-order valence-electron chi connectivity index (χ1n) is 2.91. The van der Waals surface area contributed by atoms with Crippen molar-refractivity contribution in [3.05, 3.63) is 12.0 Å². The smallest absolute Gasteiger partial charge is 0.147 e. The number of hydrogen-bond acceptors (Lipinski definition) is 3. The molecule has 0 aromatic carbocycles. The summed E-state index contributed by atoms with van der Waals surface area (Å²) >= 11 is 0. The molecule has 50 valence electrons. The lowest BCUT2D eigenvalue weighted by Gasteiger charge is -1.96. The number of rotatable bonds is 1. The third-order valence-corrected chi connectivity index (χ3v) is 1.17. The summed E-state index contributed by atoms with van der Waals surface area (Å²) in [6.07, 6.45) is 1.45. The summed E-state index contributed by atoms with van der Waals surface area (Å²) in [7, 11) is 0. The molecular weight excluding hydrogens is 116 g/mol. The fourth-order valence-electron chi connectivity index (χ4n) is 0.692. The maximum Gasteiger partial charge on any atom is 0.147 e. The number of aromatic nitrogens is 1. The molecule has 0 saturated heterocycles. The Labute approximate surface area is 53.8 Å². The standard InChI is InChI=1S/C6H10N2O/c1-4(2)6-5(7)3-9-8-6/h3-4H,7H2,1-2H3. The van der Waals surface area contributed by atoms with Gasteiger partial charge in [-0.2, -0.15) is 0 Å². The van der Waals surface area contributed by atoms with Crippen molar-refractivity contribution >= 4 is 5.69 Å². The van der Waals surface area contributed by atoms with Gasteiger partial charge in [0.15, 0.2) is 0 Å². The van der Waals surface area contributed by atoms with Crippen molar-refractivity contribution in [3.8, 4) is 0 Å². The fraction of sp³-hybridized carbons (Fsp3) is 0.500. The van der Waals surface area contributed by atoms with E-state index in [-0.39, 0.29) is 0 Å². The van der Waals surface area contributed by atoms with Gasteiger partial charge >= 0.3 is 0 Å². The van der Waals surface area contributed by atoms with Gasteiger partial charge in [0.05, 0.1) is 5.69 Å². The molecule has 0 radical (unpaired) electrons. The lowest BCUT2D eigenvalue weighted by molar-refractivity contribution is 0.408. The Balaban J connectivity index is 2.94. The van der Waals surface area contributed by atoms with Gasteiger partial charge in [-0.25, -0.2) is 0 Å². The Hall–Kier alpha value is -0.990. The minimum Gasteiger partial charge on any atom is -0.395 e. The van der Waals surface area contributed by atoms with Gasteiger partial charge in [-0.1, -0.05) is 19.0 Å². The maximum absolute atomic E-state index is 5.49. The molecule has 0 saturated carbocycles. The van der Waals surface area contributed by atoms with Gasteiger partial charge in [0.2, 0.25) is 0 Å². The maximum atomic E-state index is 5.49.